The molecule has 0 spiro atoms. The molecule has 1 N–H and O–H groups in total. The van der Waals surface area contributed by atoms with Gasteiger partial charge in [0.05, 0.1) is 12.2 Å². The zero-order chi connectivity index (χ0) is 16.6. The van der Waals surface area contributed by atoms with Crippen LogP contribution in [0, 0.1) is 0 Å². The minimum Gasteiger partial charge on any atom is -0.355 e. The van der Waals surface area contributed by atoms with Crippen molar-refractivity contribution < 1.29 is 4.79 Å². The van der Waals surface area contributed by atoms with E-state index < -0.39 is 0 Å². The highest BCUT2D eigenvalue weighted by atomic mass is 32.1. The van der Waals surface area contributed by atoms with Crippen LogP contribution in [0.3, 0.4) is 0 Å². The van der Waals surface area contributed by atoms with Crippen LogP contribution in [0.5, 0.6) is 0 Å². The number of hydrogen-bond acceptors (Lipinski definition) is 5. The lowest BCUT2D eigenvalue weighted by atomic mass is 10.2. The van der Waals surface area contributed by atoms with E-state index in [2.05, 4.69) is 37.6 Å². The Hall–Kier alpha value is -1.76. The largest absolute Gasteiger partial charge is 0.355 e. The number of hydrogen-bond donors (Lipinski definition) is 1. The van der Waals surface area contributed by atoms with E-state index in [1.807, 2.05) is 24.4 Å². The maximum absolute atomic E-state index is 12.0. The molecule has 6 heteroatoms. The van der Waals surface area contributed by atoms with E-state index in [4.69, 9.17) is 0 Å². The molecule has 0 unspecified atom stereocenters. The molecule has 0 aromatic carbocycles. The van der Waals surface area contributed by atoms with E-state index >= 15 is 0 Å². The lowest BCUT2D eigenvalue weighted by Crippen LogP contribution is -2.49. The number of nitrogens with one attached hydrogen (secondary N) is 1. The maximum Gasteiger partial charge on any atom is 0.234 e. The molecular weight excluding hydrogens is 320 g/mol. The first-order valence-corrected chi connectivity index (χ1v) is 9.31. The van der Waals surface area contributed by atoms with Crippen LogP contribution in [0.4, 0.5) is 0 Å². The number of thiophene rings is 1. The molecule has 2 aromatic rings. The van der Waals surface area contributed by atoms with Gasteiger partial charge in [0.15, 0.2) is 0 Å². The molecule has 1 aliphatic heterocycles. The van der Waals surface area contributed by atoms with Crippen molar-refractivity contribution in [3.8, 4) is 0 Å². The lowest BCUT2D eigenvalue weighted by molar-refractivity contribution is -0.122. The molecule has 3 rings (SSSR count). The van der Waals surface area contributed by atoms with Gasteiger partial charge in [-0.25, -0.2) is 0 Å². The Kier molecular flexibility index (Phi) is 6.34. The number of carbonyl (C=O) groups is 1. The van der Waals surface area contributed by atoms with Gasteiger partial charge < -0.3 is 5.32 Å². The minimum absolute atomic E-state index is 0.129. The Balaban J connectivity index is 1.32. The SMILES string of the molecule is O=C(CN1CCN(Cc2ccccn2)CC1)NCCc1cccs1. The third-order valence-electron chi connectivity index (χ3n) is 4.22. The zero-order valence-corrected chi connectivity index (χ0v) is 14.7. The van der Waals surface area contributed by atoms with Crippen molar-refractivity contribution in [2.45, 2.75) is 13.0 Å². The summed E-state index contributed by atoms with van der Waals surface area (Å²) in [6.07, 6.45) is 2.76. The van der Waals surface area contributed by atoms with Gasteiger partial charge >= 0.3 is 0 Å². The Bertz CT molecular complexity index is 609. The first-order valence-electron chi connectivity index (χ1n) is 8.43. The Morgan fingerprint density at radius 3 is 2.67 bits per heavy atom. The van der Waals surface area contributed by atoms with E-state index in [9.17, 15) is 4.79 Å². The van der Waals surface area contributed by atoms with Crippen molar-refractivity contribution in [2.24, 2.45) is 0 Å². The van der Waals surface area contributed by atoms with Crippen LogP contribution in [-0.2, 0) is 17.8 Å². The fourth-order valence-electron chi connectivity index (χ4n) is 2.87. The molecule has 2 aromatic heterocycles. The molecule has 128 valence electrons. The van der Waals surface area contributed by atoms with Crippen molar-refractivity contribution >= 4 is 17.2 Å². The second-order valence-electron chi connectivity index (χ2n) is 6.05. The molecule has 0 saturated carbocycles. The monoisotopic (exact) mass is 344 g/mol. The third-order valence-corrected chi connectivity index (χ3v) is 5.15. The van der Waals surface area contributed by atoms with Crippen molar-refractivity contribution in [3.05, 3.63) is 52.5 Å². The van der Waals surface area contributed by atoms with Crippen LogP contribution in [-0.4, -0.2) is 60.0 Å². The van der Waals surface area contributed by atoms with Gasteiger partial charge in [0.25, 0.3) is 0 Å². The minimum atomic E-state index is 0.129. The van der Waals surface area contributed by atoms with E-state index in [1.54, 1.807) is 11.3 Å². The summed E-state index contributed by atoms with van der Waals surface area (Å²) in [5, 5.41) is 5.09. The summed E-state index contributed by atoms with van der Waals surface area (Å²) in [5.74, 6) is 0.129. The molecule has 0 bridgehead atoms. The van der Waals surface area contributed by atoms with Gasteiger partial charge in [-0.15, -0.1) is 11.3 Å². The summed E-state index contributed by atoms with van der Waals surface area (Å²) >= 11 is 1.74. The maximum atomic E-state index is 12.0. The summed E-state index contributed by atoms with van der Waals surface area (Å²) < 4.78 is 0. The fourth-order valence-corrected chi connectivity index (χ4v) is 3.57. The van der Waals surface area contributed by atoms with Crippen molar-refractivity contribution in [2.75, 3.05) is 39.3 Å². The first-order chi connectivity index (χ1) is 11.8. The van der Waals surface area contributed by atoms with Crippen LogP contribution in [0.1, 0.15) is 10.6 Å². The fraction of sp³-hybridized carbons (Fsp3) is 0.444. The molecule has 5 nitrogen and oxygen atoms in total. The van der Waals surface area contributed by atoms with E-state index in [0.717, 1.165) is 51.4 Å². The van der Waals surface area contributed by atoms with Gasteiger partial charge in [-0.05, 0) is 30.0 Å². The molecular formula is C18H24N4OS. The number of amides is 1. The van der Waals surface area contributed by atoms with Gasteiger partial charge in [0, 0.05) is 50.3 Å². The first kappa shape index (κ1) is 17.1. The molecule has 0 atom stereocenters. The van der Waals surface area contributed by atoms with Crippen LogP contribution >= 0.6 is 11.3 Å². The van der Waals surface area contributed by atoms with E-state index in [0.29, 0.717) is 6.54 Å². The zero-order valence-electron chi connectivity index (χ0n) is 13.9. The standard InChI is InChI=1S/C18H24N4OS/c23-18(20-8-6-17-5-3-13-24-17)15-22-11-9-21(10-12-22)14-16-4-1-2-7-19-16/h1-5,7,13H,6,8-12,14-15H2,(H,20,23). The van der Waals surface area contributed by atoms with Crippen LogP contribution in [0.15, 0.2) is 41.9 Å². The summed E-state index contributed by atoms with van der Waals surface area (Å²) in [6, 6.07) is 10.2. The highest BCUT2D eigenvalue weighted by Crippen LogP contribution is 2.08. The summed E-state index contributed by atoms with van der Waals surface area (Å²) in [7, 11) is 0. The number of pyridine rings is 1. The van der Waals surface area contributed by atoms with E-state index in [1.165, 1.54) is 4.88 Å². The second-order valence-corrected chi connectivity index (χ2v) is 7.08. The van der Waals surface area contributed by atoms with E-state index in [-0.39, 0.29) is 5.91 Å². The average Bonchev–Trinajstić information content (AvgIpc) is 3.11. The van der Waals surface area contributed by atoms with Crippen molar-refractivity contribution in [1.82, 2.24) is 20.1 Å². The number of carbonyl (C=O) groups excluding carboxylic acids is 1. The van der Waals surface area contributed by atoms with Crippen molar-refractivity contribution in [3.63, 3.8) is 0 Å². The number of piperazine rings is 1. The van der Waals surface area contributed by atoms with Gasteiger partial charge in [-0.3, -0.25) is 19.6 Å². The average molecular weight is 344 g/mol. The molecule has 1 fully saturated rings. The number of rotatable bonds is 7. The highest BCUT2D eigenvalue weighted by molar-refractivity contribution is 7.09. The van der Waals surface area contributed by atoms with Crippen LogP contribution < -0.4 is 5.32 Å². The predicted molar refractivity (Wildman–Crippen MR) is 97.0 cm³/mol. The smallest absolute Gasteiger partial charge is 0.234 e. The predicted octanol–water partition coefficient (Wildman–Crippen LogP) is 1.62. The molecule has 0 radical (unpaired) electrons. The summed E-state index contributed by atoms with van der Waals surface area (Å²) in [5.41, 5.74) is 1.11. The molecule has 1 saturated heterocycles. The summed E-state index contributed by atoms with van der Waals surface area (Å²) in [6.45, 7) is 5.96. The van der Waals surface area contributed by atoms with Crippen LogP contribution in [0.25, 0.3) is 0 Å². The molecule has 1 amide bonds. The quantitative estimate of drug-likeness (QED) is 0.829. The van der Waals surface area contributed by atoms with Crippen LogP contribution in [0.2, 0.25) is 0 Å². The van der Waals surface area contributed by atoms with Gasteiger partial charge in [-0.1, -0.05) is 12.1 Å². The molecule has 3 heterocycles. The van der Waals surface area contributed by atoms with Gasteiger partial charge in [0.2, 0.25) is 5.91 Å². The normalized spacial score (nSPS) is 16.2. The second kappa shape index (κ2) is 8.92. The Morgan fingerprint density at radius 2 is 1.96 bits per heavy atom. The highest BCUT2D eigenvalue weighted by Gasteiger charge is 2.19. The Morgan fingerprint density at radius 1 is 1.12 bits per heavy atom. The van der Waals surface area contributed by atoms with Gasteiger partial charge in [-0.2, -0.15) is 0 Å². The topological polar surface area (TPSA) is 48.5 Å². The third kappa shape index (κ3) is 5.40. The molecule has 0 aliphatic carbocycles. The summed E-state index contributed by atoms with van der Waals surface area (Å²) in [4.78, 5) is 22.4. The number of nitrogens with zero attached hydrogens (tertiary/aromatic N) is 3. The molecule has 24 heavy (non-hydrogen) atoms. The lowest BCUT2D eigenvalue weighted by Gasteiger charge is -2.34. The van der Waals surface area contributed by atoms with Crippen molar-refractivity contribution in [1.29, 1.82) is 0 Å². The Labute approximate surface area is 147 Å². The number of aromatic nitrogens is 1. The van der Waals surface area contributed by atoms with Gasteiger partial charge in [0.1, 0.15) is 0 Å². The molecule has 1 aliphatic rings.